The van der Waals surface area contributed by atoms with E-state index in [1.807, 2.05) is 19.2 Å². The quantitative estimate of drug-likeness (QED) is 0.866. The fourth-order valence-electron chi connectivity index (χ4n) is 2.30. The number of likely N-dealkylation sites (N-methyl/N-ethyl adjacent to an activating group) is 1. The van der Waals surface area contributed by atoms with Gasteiger partial charge >= 0.3 is 0 Å². The normalized spacial score (nSPS) is 25.9. The molecule has 1 aliphatic heterocycles. The maximum Gasteiger partial charge on any atom is 0.0750 e. The van der Waals surface area contributed by atoms with Crippen molar-refractivity contribution in [1.29, 1.82) is 0 Å². The molecular weight excluding hydrogens is 214 g/mol. The van der Waals surface area contributed by atoms with Crippen LogP contribution in [0.5, 0.6) is 0 Å². The highest BCUT2D eigenvalue weighted by molar-refractivity contribution is 5.45. The number of nitrogens with zero attached hydrogens (tertiary/aromatic N) is 2. The van der Waals surface area contributed by atoms with Gasteiger partial charge in [0.25, 0.3) is 0 Å². The lowest BCUT2D eigenvalue weighted by atomic mass is 10.1. The minimum atomic E-state index is -0.0110. The van der Waals surface area contributed by atoms with Crippen LogP contribution >= 0.6 is 0 Å². The van der Waals surface area contributed by atoms with Crippen molar-refractivity contribution in [3.8, 4) is 0 Å². The smallest absolute Gasteiger partial charge is 0.0750 e. The molecular formula is C13H21N3O. The van der Waals surface area contributed by atoms with Crippen LogP contribution in [-0.2, 0) is 4.74 Å². The van der Waals surface area contributed by atoms with E-state index in [0.717, 1.165) is 24.4 Å². The zero-order valence-electron chi connectivity index (χ0n) is 10.8. The summed E-state index contributed by atoms with van der Waals surface area (Å²) >= 11 is 0. The van der Waals surface area contributed by atoms with Gasteiger partial charge in [-0.25, -0.2) is 0 Å². The van der Waals surface area contributed by atoms with Crippen LogP contribution in [0.2, 0.25) is 0 Å². The van der Waals surface area contributed by atoms with Crippen molar-refractivity contribution in [3.05, 3.63) is 24.0 Å². The lowest BCUT2D eigenvalue weighted by molar-refractivity contribution is 0.118. The Bertz CT molecular complexity index is 363. The lowest BCUT2D eigenvalue weighted by Gasteiger charge is -2.28. The van der Waals surface area contributed by atoms with Gasteiger partial charge in [-0.2, -0.15) is 0 Å². The Morgan fingerprint density at radius 2 is 2.29 bits per heavy atom. The summed E-state index contributed by atoms with van der Waals surface area (Å²) in [4.78, 5) is 6.63. The highest BCUT2D eigenvalue weighted by atomic mass is 16.5. The van der Waals surface area contributed by atoms with Crippen molar-refractivity contribution in [3.63, 3.8) is 0 Å². The number of rotatable bonds is 3. The standard InChI is InChI=1S/C13H21N3O/c1-9(14)12-5-4-11(8-15-12)16(3)13-6-7-17-10(13)2/h4-5,8-10,13H,6-7,14H2,1-3H3/t9-,10?,13?/m0/s1. The Labute approximate surface area is 103 Å². The van der Waals surface area contributed by atoms with Crippen molar-refractivity contribution in [2.75, 3.05) is 18.6 Å². The third-order valence-corrected chi connectivity index (χ3v) is 3.48. The average Bonchev–Trinajstić information content (AvgIpc) is 2.74. The van der Waals surface area contributed by atoms with E-state index in [-0.39, 0.29) is 12.1 Å². The van der Waals surface area contributed by atoms with Gasteiger partial charge < -0.3 is 15.4 Å². The summed E-state index contributed by atoms with van der Waals surface area (Å²) in [5, 5.41) is 0. The van der Waals surface area contributed by atoms with Crippen LogP contribution in [0.15, 0.2) is 18.3 Å². The molecule has 2 unspecified atom stereocenters. The average molecular weight is 235 g/mol. The maximum atomic E-state index is 5.79. The lowest BCUT2D eigenvalue weighted by Crippen LogP contribution is -2.36. The molecule has 0 saturated carbocycles. The molecule has 4 nitrogen and oxygen atoms in total. The summed E-state index contributed by atoms with van der Waals surface area (Å²) in [6.45, 7) is 4.91. The second-order valence-electron chi connectivity index (χ2n) is 4.77. The Kier molecular flexibility index (Phi) is 3.64. The number of pyridine rings is 1. The summed E-state index contributed by atoms with van der Waals surface area (Å²) in [6, 6.07) is 4.51. The predicted molar refractivity (Wildman–Crippen MR) is 69.1 cm³/mol. The van der Waals surface area contributed by atoms with Gasteiger partial charge in [0.05, 0.1) is 29.7 Å². The van der Waals surface area contributed by atoms with Crippen molar-refractivity contribution in [2.45, 2.75) is 38.5 Å². The molecule has 0 spiro atoms. The summed E-state index contributed by atoms with van der Waals surface area (Å²) in [7, 11) is 2.10. The van der Waals surface area contributed by atoms with Crippen molar-refractivity contribution >= 4 is 5.69 Å². The van der Waals surface area contributed by atoms with Crippen molar-refractivity contribution in [1.82, 2.24) is 4.98 Å². The molecule has 0 amide bonds. The number of hydrogen-bond donors (Lipinski definition) is 1. The molecule has 1 saturated heterocycles. The molecule has 94 valence electrons. The van der Waals surface area contributed by atoms with Gasteiger partial charge in [0.2, 0.25) is 0 Å². The van der Waals surface area contributed by atoms with E-state index in [9.17, 15) is 0 Å². The molecule has 1 aromatic heterocycles. The van der Waals surface area contributed by atoms with E-state index >= 15 is 0 Å². The molecule has 0 aromatic carbocycles. The number of anilines is 1. The SMILES string of the molecule is CC1OCCC1N(C)c1ccc([C@H](C)N)nc1. The highest BCUT2D eigenvalue weighted by Gasteiger charge is 2.28. The highest BCUT2D eigenvalue weighted by Crippen LogP contribution is 2.24. The topological polar surface area (TPSA) is 51.4 Å². The number of ether oxygens (including phenoxy) is 1. The van der Waals surface area contributed by atoms with Gasteiger partial charge in [-0.15, -0.1) is 0 Å². The molecule has 0 bridgehead atoms. The van der Waals surface area contributed by atoms with Crippen LogP contribution in [0, 0.1) is 0 Å². The van der Waals surface area contributed by atoms with Gasteiger partial charge in [-0.3, -0.25) is 4.98 Å². The zero-order valence-corrected chi connectivity index (χ0v) is 10.8. The van der Waals surface area contributed by atoms with Gasteiger partial charge in [-0.05, 0) is 32.4 Å². The first-order valence-corrected chi connectivity index (χ1v) is 6.15. The van der Waals surface area contributed by atoms with E-state index < -0.39 is 0 Å². The largest absolute Gasteiger partial charge is 0.376 e. The van der Waals surface area contributed by atoms with Crippen LogP contribution < -0.4 is 10.6 Å². The fraction of sp³-hybridized carbons (Fsp3) is 0.615. The molecule has 4 heteroatoms. The van der Waals surface area contributed by atoms with Crippen molar-refractivity contribution in [2.24, 2.45) is 5.73 Å². The third-order valence-electron chi connectivity index (χ3n) is 3.48. The summed E-state index contributed by atoms with van der Waals surface area (Å²) in [5.41, 5.74) is 7.84. The van der Waals surface area contributed by atoms with E-state index in [4.69, 9.17) is 10.5 Å². The van der Waals surface area contributed by atoms with Crippen LogP contribution in [0.4, 0.5) is 5.69 Å². The minimum Gasteiger partial charge on any atom is -0.376 e. The first-order chi connectivity index (χ1) is 8.09. The molecule has 2 N–H and O–H groups in total. The van der Waals surface area contributed by atoms with Crippen molar-refractivity contribution < 1.29 is 4.74 Å². The summed E-state index contributed by atoms with van der Waals surface area (Å²) in [6.07, 6.45) is 3.25. The molecule has 0 radical (unpaired) electrons. The molecule has 0 aliphatic carbocycles. The molecule has 1 fully saturated rings. The Balaban J connectivity index is 2.11. The third kappa shape index (κ3) is 2.58. The Morgan fingerprint density at radius 3 is 2.76 bits per heavy atom. The predicted octanol–water partition coefficient (Wildman–Crippen LogP) is 1.71. The van der Waals surface area contributed by atoms with Gasteiger partial charge in [-0.1, -0.05) is 0 Å². The Hall–Kier alpha value is -1.13. The van der Waals surface area contributed by atoms with Crippen LogP contribution in [0.1, 0.15) is 32.0 Å². The van der Waals surface area contributed by atoms with E-state index in [1.54, 1.807) is 0 Å². The second kappa shape index (κ2) is 5.02. The van der Waals surface area contributed by atoms with E-state index in [0.29, 0.717) is 6.04 Å². The number of hydrogen-bond acceptors (Lipinski definition) is 4. The molecule has 1 aromatic rings. The van der Waals surface area contributed by atoms with E-state index in [1.165, 1.54) is 0 Å². The molecule has 2 rings (SSSR count). The number of aromatic nitrogens is 1. The number of nitrogens with two attached hydrogens (primary N) is 1. The van der Waals surface area contributed by atoms with E-state index in [2.05, 4.69) is 29.9 Å². The molecule has 17 heavy (non-hydrogen) atoms. The molecule has 2 heterocycles. The first kappa shape index (κ1) is 12.3. The van der Waals surface area contributed by atoms with Crippen LogP contribution in [0.25, 0.3) is 0 Å². The molecule has 3 atom stereocenters. The first-order valence-electron chi connectivity index (χ1n) is 6.15. The van der Waals surface area contributed by atoms with Gasteiger partial charge in [0.15, 0.2) is 0 Å². The minimum absolute atomic E-state index is 0.0110. The monoisotopic (exact) mass is 235 g/mol. The molecule has 1 aliphatic rings. The van der Waals surface area contributed by atoms with Crippen LogP contribution in [0.3, 0.4) is 0 Å². The van der Waals surface area contributed by atoms with Crippen LogP contribution in [-0.4, -0.2) is 30.8 Å². The fourth-order valence-corrected chi connectivity index (χ4v) is 2.30. The van der Waals surface area contributed by atoms with Gasteiger partial charge in [0, 0.05) is 19.7 Å². The van der Waals surface area contributed by atoms with Gasteiger partial charge in [0.1, 0.15) is 0 Å². The Morgan fingerprint density at radius 1 is 1.53 bits per heavy atom. The summed E-state index contributed by atoms with van der Waals surface area (Å²) < 4.78 is 5.59. The summed E-state index contributed by atoms with van der Waals surface area (Å²) in [5.74, 6) is 0. The maximum absolute atomic E-state index is 5.79. The zero-order chi connectivity index (χ0) is 12.4. The second-order valence-corrected chi connectivity index (χ2v) is 4.77.